The van der Waals surface area contributed by atoms with E-state index in [1.807, 2.05) is 4.90 Å². The monoisotopic (exact) mass is 398 g/mol. The predicted octanol–water partition coefficient (Wildman–Crippen LogP) is 2.18. The molecule has 28 heavy (non-hydrogen) atoms. The van der Waals surface area contributed by atoms with Gasteiger partial charge in [-0.05, 0) is 30.5 Å². The van der Waals surface area contributed by atoms with Crippen LogP contribution in [0.4, 0.5) is 13.2 Å². The van der Waals surface area contributed by atoms with Gasteiger partial charge in [-0.2, -0.15) is 13.2 Å². The Balaban J connectivity index is 1.54. The molecule has 1 saturated heterocycles. The third-order valence-corrected chi connectivity index (χ3v) is 4.82. The number of alkyl halides is 3. The summed E-state index contributed by atoms with van der Waals surface area (Å²) in [4.78, 5) is 17.8. The normalized spacial score (nSPS) is 20.8. The van der Waals surface area contributed by atoms with Gasteiger partial charge in [-0.3, -0.25) is 9.79 Å². The van der Waals surface area contributed by atoms with Crippen LogP contribution in [0.1, 0.15) is 30.1 Å². The third kappa shape index (κ3) is 5.37. The number of aliphatic imine (C=N–C) groups is 1. The van der Waals surface area contributed by atoms with Crippen molar-refractivity contribution in [1.82, 2.24) is 15.5 Å². The number of ether oxygens (including phenoxy) is 1. The fourth-order valence-corrected chi connectivity index (χ4v) is 3.14. The van der Waals surface area contributed by atoms with Gasteiger partial charge < -0.3 is 20.3 Å². The van der Waals surface area contributed by atoms with Crippen LogP contribution in [0.25, 0.3) is 0 Å². The van der Waals surface area contributed by atoms with E-state index in [-0.39, 0.29) is 11.8 Å². The second-order valence-electron chi connectivity index (χ2n) is 6.97. The van der Waals surface area contributed by atoms with Gasteiger partial charge >= 0.3 is 6.18 Å². The Morgan fingerprint density at radius 3 is 2.71 bits per heavy atom. The van der Waals surface area contributed by atoms with Crippen LogP contribution < -0.4 is 10.6 Å². The Hall–Kier alpha value is -2.29. The van der Waals surface area contributed by atoms with Crippen molar-refractivity contribution < 1.29 is 22.7 Å². The summed E-state index contributed by atoms with van der Waals surface area (Å²) in [6, 6.07) is 5.24. The Kier molecular flexibility index (Phi) is 6.43. The topological polar surface area (TPSA) is 66.0 Å². The lowest BCUT2D eigenvalue weighted by atomic mass is 10.0. The molecule has 1 amide bonds. The summed E-state index contributed by atoms with van der Waals surface area (Å²) < 4.78 is 44.6. The lowest BCUT2D eigenvalue weighted by molar-refractivity contribution is -0.137. The number of rotatable bonds is 5. The number of hydrogen-bond acceptors (Lipinski definition) is 3. The number of guanidine groups is 1. The lowest BCUT2D eigenvalue weighted by Gasteiger charge is -2.35. The number of halogens is 3. The SMILES string of the molecule is CN=C(NCCNC(=O)C1CC1)N1CCOC(c2cccc(C(F)(F)F)c2)C1. The molecule has 1 heterocycles. The summed E-state index contributed by atoms with van der Waals surface area (Å²) in [5.41, 5.74) is -0.189. The van der Waals surface area contributed by atoms with E-state index in [1.54, 1.807) is 13.1 Å². The van der Waals surface area contributed by atoms with Gasteiger partial charge in [-0.25, -0.2) is 0 Å². The first-order chi connectivity index (χ1) is 13.4. The maximum atomic E-state index is 13.0. The average Bonchev–Trinajstić information content (AvgIpc) is 3.53. The average molecular weight is 398 g/mol. The molecule has 1 aromatic carbocycles. The summed E-state index contributed by atoms with van der Waals surface area (Å²) in [7, 11) is 1.65. The number of hydrogen-bond donors (Lipinski definition) is 2. The molecular formula is C19H25F3N4O2. The summed E-state index contributed by atoms with van der Waals surface area (Å²) in [5.74, 6) is 0.903. The van der Waals surface area contributed by atoms with Gasteiger partial charge in [-0.15, -0.1) is 0 Å². The summed E-state index contributed by atoms with van der Waals surface area (Å²) in [6.07, 6.45) is -2.92. The van der Waals surface area contributed by atoms with Gasteiger partial charge in [0.2, 0.25) is 5.91 Å². The maximum absolute atomic E-state index is 13.0. The minimum atomic E-state index is -4.38. The molecule has 2 aliphatic rings. The summed E-state index contributed by atoms with van der Waals surface area (Å²) in [5, 5.41) is 6.06. The van der Waals surface area contributed by atoms with Gasteiger partial charge in [0.05, 0.1) is 18.7 Å². The summed E-state index contributed by atoms with van der Waals surface area (Å²) >= 11 is 0. The first-order valence-electron chi connectivity index (χ1n) is 9.40. The van der Waals surface area contributed by atoms with E-state index in [1.165, 1.54) is 6.07 Å². The molecule has 2 N–H and O–H groups in total. The molecule has 1 atom stereocenters. The molecular weight excluding hydrogens is 373 g/mol. The Bertz CT molecular complexity index is 719. The van der Waals surface area contributed by atoms with Crippen LogP contribution in [0.5, 0.6) is 0 Å². The van der Waals surface area contributed by atoms with Gasteiger partial charge in [0.1, 0.15) is 6.10 Å². The smallest absolute Gasteiger partial charge is 0.370 e. The maximum Gasteiger partial charge on any atom is 0.416 e. The van der Waals surface area contributed by atoms with Crippen LogP contribution in [-0.4, -0.2) is 56.6 Å². The molecule has 3 rings (SSSR count). The minimum absolute atomic E-state index is 0.0905. The van der Waals surface area contributed by atoms with Crippen molar-refractivity contribution in [2.24, 2.45) is 10.9 Å². The van der Waals surface area contributed by atoms with Crippen molar-refractivity contribution in [3.63, 3.8) is 0 Å². The molecule has 154 valence electrons. The molecule has 1 aliphatic heterocycles. The zero-order valence-electron chi connectivity index (χ0n) is 15.8. The number of benzene rings is 1. The van der Waals surface area contributed by atoms with E-state index in [9.17, 15) is 18.0 Å². The quantitative estimate of drug-likeness (QED) is 0.453. The molecule has 0 spiro atoms. The molecule has 0 bridgehead atoms. The highest BCUT2D eigenvalue weighted by Gasteiger charge is 2.32. The molecule has 9 heteroatoms. The van der Waals surface area contributed by atoms with Crippen LogP contribution in [0.15, 0.2) is 29.3 Å². The number of nitrogens with zero attached hydrogens (tertiary/aromatic N) is 2. The predicted molar refractivity (Wildman–Crippen MR) is 98.8 cm³/mol. The van der Waals surface area contributed by atoms with Gasteiger partial charge in [0.15, 0.2) is 5.96 Å². The van der Waals surface area contributed by atoms with Crippen LogP contribution in [0.2, 0.25) is 0 Å². The van der Waals surface area contributed by atoms with E-state index < -0.39 is 17.8 Å². The van der Waals surface area contributed by atoms with Crippen LogP contribution in [-0.2, 0) is 15.7 Å². The first-order valence-corrected chi connectivity index (χ1v) is 9.40. The second kappa shape index (κ2) is 8.81. The van der Waals surface area contributed by atoms with Crippen molar-refractivity contribution in [2.75, 3.05) is 39.8 Å². The van der Waals surface area contributed by atoms with Crippen LogP contribution >= 0.6 is 0 Å². The molecule has 2 fully saturated rings. The standard InChI is InChI=1S/C19H25F3N4O2/c1-23-18(25-8-7-24-17(27)13-5-6-13)26-9-10-28-16(12-26)14-3-2-4-15(11-14)19(20,21)22/h2-4,11,13,16H,5-10,12H2,1H3,(H,23,25)(H,24,27). The van der Waals surface area contributed by atoms with Gasteiger partial charge in [-0.1, -0.05) is 12.1 Å². The first kappa shape index (κ1) is 20.4. The van der Waals surface area contributed by atoms with E-state index in [2.05, 4.69) is 15.6 Å². The zero-order chi connectivity index (χ0) is 20.1. The number of morpholine rings is 1. The number of carbonyl (C=O) groups is 1. The Morgan fingerprint density at radius 1 is 1.29 bits per heavy atom. The van der Waals surface area contributed by atoms with E-state index in [0.717, 1.165) is 25.0 Å². The van der Waals surface area contributed by atoms with E-state index in [0.29, 0.717) is 44.3 Å². The van der Waals surface area contributed by atoms with E-state index >= 15 is 0 Å². The highest BCUT2D eigenvalue weighted by molar-refractivity contribution is 5.81. The molecule has 1 aromatic rings. The van der Waals surface area contributed by atoms with Crippen LogP contribution in [0.3, 0.4) is 0 Å². The largest absolute Gasteiger partial charge is 0.416 e. The number of carbonyl (C=O) groups excluding carboxylic acids is 1. The Labute approximate surface area is 162 Å². The highest BCUT2D eigenvalue weighted by atomic mass is 19.4. The van der Waals surface area contributed by atoms with Gasteiger partial charge in [0.25, 0.3) is 0 Å². The van der Waals surface area contributed by atoms with E-state index in [4.69, 9.17) is 4.74 Å². The molecule has 1 aliphatic carbocycles. The van der Waals surface area contributed by atoms with Crippen molar-refractivity contribution in [3.05, 3.63) is 35.4 Å². The van der Waals surface area contributed by atoms with Crippen molar-refractivity contribution in [2.45, 2.75) is 25.1 Å². The number of nitrogens with one attached hydrogen (secondary N) is 2. The fourth-order valence-electron chi connectivity index (χ4n) is 3.14. The second-order valence-corrected chi connectivity index (χ2v) is 6.97. The van der Waals surface area contributed by atoms with Crippen molar-refractivity contribution >= 4 is 11.9 Å². The highest BCUT2D eigenvalue weighted by Crippen LogP contribution is 2.32. The Morgan fingerprint density at radius 2 is 2.04 bits per heavy atom. The van der Waals surface area contributed by atoms with Crippen molar-refractivity contribution in [1.29, 1.82) is 0 Å². The zero-order valence-corrected chi connectivity index (χ0v) is 15.8. The fraction of sp³-hybridized carbons (Fsp3) is 0.579. The number of amides is 1. The molecule has 1 saturated carbocycles. The van der Waals surface area contributed by atoms with Crippen molar-refractivity contribution in [3.8, 4) is 0 Å². The summed E-state index contributed by atoms with van der Waals surface area (Å²) in [6.45, 7) is 2.39. The lowest BCUT2D eigenvalue weighted by Crippen LogP contribution is -2.49. The molecule has 6 nitrogen and oxygen atoms in total. The molecule has 0 radical (unpaired) electrons. The minimum Gasteiger partial charge on any atom is -0.370 e. The van der Waals surface area contributed by atoms with Gasteiger partial charge in [0, 0.05) is 32.6 Å². The third-order valence-electron chi connectivity index (χ3n) is 4.82. The molecule has 1 unspecified atom stereocenters. The van der Waals surface area contributed by atoms with Crippen LogP contribution in [0, 0.1) is 5.92 Å². The molecule has 0 aromatic heterocycles.